The number of imidazole rings is 2. The third-order valence-corrected chi connectivity index (χ3v) is 6.80. The van der Waals surface area contributed by atoms with Gasteiger partial charge in [0, 0.05) is 17.6 Å². The average molecular weight is 574 g/mol. The van der Waals surface area contributed by atoms with Crippen molar-refractivity contribution in [1.82, 2.24) is 24.8 Å². The molecule has 2 heterocycles. The molecule has 0 aliphatic rings. The minimum absolute atomic E-state index is 0.0183. The number of ether oxygens (including phenoxy) is 1. The zero-order valence-corrected chi connectivity index (χ0v) is 23.1. The highest BCUT2D eigenvalue weighted by atomic mass is 35.5. The molecule has 2 aromatic heterocycles. The number of benzene rings is 3. The van der Waals surface area contributed by atoms with Crippen LogP contribution in [0.25, 0.3) is 22.1 Å². The summed E-state index contributed by atoms with van der Waals surface area (Å²) in [6, 6.07) is 15.4. The first-order valence-electron chi connectivity index (χ1n) is 12.7. The molecule has 5 rings (SSSR count). The number of H-pyrrole nitrogens is 1. The predicted octanol–water partition coefficient (Wildman–Crippen LogP) is 3.07. The number of guanidine groups is 1. The van der Waals surface area contributed by atoms with E-state index in [1.165, 1.54) is 6.07 Å². The molecule has 13 heteroatoms. The average Bonchev–Trinajstić information content (AvgIpc) is 3.51. The molecule has 2 amide bonds. The van der Waals surface area contributed by atoms with E-state index in [0.29, 0.717) is 22.0 Å². The summed E-state index contributed by atoms with van der Waals surface area (Å²) in [7, 11) is 1.90. The molecule has 210 valence electrons. The predicted molar refractivity (Wildman–Crippen MR) is 158 cm³/mol. The molecular formula is C28H28ClN9O3. The van der Waals surface area contributed by atoms with Crippen LogP contribution < -0.4 is 27.3 Å². The van der Waals surface area contributed by atoms with Crippen LogP contribution in [0.2, 0.25) is 5.02 Å². The molecule has 8 N–H and O–H groups in total. The lowest BCUT2D eigenvalue weighted by atomic mass is 10.1. The van der Waals surface area contributed by atoms with E-state index in [4.69, 9.17) is 43.5 Å². The first kappa shape index (κ1) is 27.5. The van der Waals surface area contributed by atoms with Crippen LogP contribution in [0.3, 0.4) is 0 Å². The first-order valence-corrected chi connectivity index (χ1v) is 13.0. The van der Waals surface area contributed by atoms with Crippen molar-refractivity contribution in [2.75, 3.05) is 13.2 Å². The number of nitrogens with two attached hydrogens (primary N) is 3. The molecule has 0 radical (unpaired) electrons. The maximum atomic E-state index is 12.9. The van der Waals surface area contributed by atoms with Crippen molar-refractivity contribution in [1.29, 1.82) is 0 Å². The number of nitrogens with one attached hydrogen (secondary N) is 2. The number of carbonyl (C=O) groups is 2. The Labute approximate surface area is 239 Å². The van der Waals surface area contributed by atoms with Gasteiger partial charge >= 0.3 is 0 Å². The molecule has 0 saturated carbocycles. The second kappa shape index (κ2) is 11.2. The molecule has 0 fully saturated rings. The number of amides is 2. The van der Waals surface area contributed by atoms with Crippen LogP contribution in [0.5, 0.6) is 5.75 Å². The van der Waals surface area contributed by atoms with E-state index < -0.39 is 5.91 Å². The summed E-state index contributed by atoms with van der Waals surface area (Å²) < 4.78 is 7.58. The van der Waals surface area contributed by atoms with Crippen molar-refractivity contribution in [3.05, 3.63) is 82.4 Å². The van der Waals surface area contributed by atoms with Gasteiger partial charge in [0.2, 0.25) is 0 Å². The topological polar surface area (TPSA) is 192 Å². The fourth-order valence-electron chi connectivity index (χ4n) is 4.55. The van der Waals surface area contributed by atoms with Crippen LogP contribution in [0.4, 0.5) is 5.69 Å². The molecular weight excluding hydrogens is 546 g/mol. The Hall–Kier alpha value is -5.10. The van der Waals surface area contributed by atoms with Crippen molar-refractivity contribution in [2.45, 2.75) is 12.8 Å². The number of aromatic nitrogens is 4. The number of hydrogen-bond donors (Lipinski definition) is 5. The Balaban J connectivity index is 1.28. The summed E-state index contributed by atoms with van der Waals surface area (Å²) in [5.74, 6) is 0.705. The number of hydrogen-bond acceptors (Lipinski definition) is 6. The van der Waals surface area contributed by atoms with E-state index >= 15 is 0 Å². The van der Waals surface area contributed by atoms with E-state index in [2.05, 4.69) is 15.3 Å². The summed E-state index contributed by atoms with van der Waals surface area (Å²) in [5.41, 5.74) is 20.8. The summed E-state index contributed by atoms with van der Waals surface area (Å²) in [6.07, 6.45) is 0. The smallest absolute Gasteiger partial charge is 0.252 e. The molecule has 0 aliphatic heterocycles. The Morgan fingerprint density at radius 2 is 1.85 bits per heavy atom. The number of halogens is 1. The van der Waals surface area contributed by atoms with Gasteiger partial charge in [0.05, 0.1) is 45.8 Å². The molecule has 0 spiro atoms. The van der Waals surface area contributed by atoms with E-state index in [9.17, 15) is 9.59 Å². The van der Waals surface area contributed by atoms with Gasteiger partial charge < -0.3 is 36.8 Å². The van der Waals surface area contributed by atoms with Crippen molar-refractivity contribution in [2.24, 2.45) is 29.2 Å². The number of aromatic amines is 1. The van der Waals surface area contributed by atoms with Crippen molar-refractivity contribution >= 4 is 57.1 Å². The quantitative estimate of drug-likeness (QED) is 0.101. The van der Waals surface area contributed by atoms with E-state index in [-0.39, 0.29) is 36.5 Å². The third-order valence-electron chi connectivity index (χ3n) is 6.57. The molecule has 3 aromatic carbocycles. The maximum Gasteiger partial charge on any atom is 0.252 e. The lowest BCUT2D eigenvalue weighted by molar-refractivity contribution is 0.0943. The SMILES string of the molecule is CC(c1nc2ccc(N=C(N)N)cc2[nH]1)c1nc2ccc(C(=O)NCCOc3ccc(Cl)cc3C(N)=O)cc2n1C. The zero-order chi connectivity index (χ0) is 29.3. The van der Waals surface area contributed by atoms with E-state index in [1.807, 2.05) is 36.7 Å². The van der Waals surface area contributed by atoms with Gasteiger partial charge in [-0.2, -0.15) is 0 Å². The van der Waals surface area contributed by atoms with Crippen LogP contribution >= 0.6 is 11.6 Å². The van der Waals surface area contributed by atoms with Crippen LogP contribution in [-0.4, -0.2) is 50.4 Å². The van der Waals surface area contributed by atoms with Crippen molar-refractivity contribution < 1.29 is 14.3 Å². The van der Waals surface area contributed by atoms with Gasteiger partial charge in [-0.3, -0.25) is 9.59 Å². The van der Waals surface area contributed by atoms with Gasteiger partial charge in [0.25, 0.3) is 11.8 Å². The summed E-state index contributed by atoms with van der Waals surface area (Å²) in [6.45, 7) is 2.35. The van der Waals surface area contributed by atoms with Gasteiger partial charge in [-0.15, -0.1) is 0 Å². The fourth-order valence-corrected chi connectivity index (χ4v) is 4.72. The highest BCUT2D eigenvalue weighted by Crippen LogP contribution is 2.28. The number of nitrogens with zero attached hydrogens (tertiary/aromatic N) is 4. The first-order chi connectivity index (χ1) is 19.6. The second-order valence-electron chi connectivity index (χ2n) is 9.42. The van der Waals surface area contributed by atoms with Crippen LogP contribution in [-0.2, 0) is 7.05 Å². The van der Waals surface area contributed by atoms with Crippen LogP contribution in [0, 0.1) is 0 Å². The van der Waals surface area contributed by atoms with Crippen molar-refractivity contribution in [3.63, 3.8) is 0 Å². The second-order valence-corrected chi connectivity index (χ2v) is 9.86. The van der Waals surface area contributed by atoms with Gasteiger partial charge in [0.1, 0.15) is 24.0 Å². The van der Waals surface area contributed by atoms with Gasteiger partial charge in [-0.25, -0.2) is 15.0 Å². The molecule has 0 saturated heterocycles. The Bertz CT molecular complexity index is 1820. The van der Waals surface area contributed by atoms with Crippen LogP contribution in [0.1, 0.15) is 45.2 Å². The Morgan fingerprint density at radius 3 is 2.61 bits per heavy atom. The molecule has 41 heavy (non-hydrogen) atoms. The highest BCUT2D eigenvalue weighted by molar-refractivity contribution is 6.31. The summed E-state index contributed by atoms with van der Waals surface area (Å²) in [5, 5.41) is 3.20. The lowest BCUT2D eigenvalue weighted by Crippen LogP contribution is -2.28. The van der Waals surface area contributed by atoms with Gasteiger partial charge in [-0.1, -0.05) is 11.6 Å². The monoisotopic (exact) mass is 573 g/mol. The van der Waals surface area contributed by atoms with Gasteiger partial charge in [-0.05, 0) is 61.5 Å². The molecule has 0 bridgehead atoms. The molecule has 12 nitrogen and oxygen atoms in total. The zero-order valence-electron chi connectivity index (χ0n) is 22.3. The summed E-state index contributed by atoms with van der Waals surface area (Å²) >= 11 is 5.93. The number of fused-ring (bicyclic) bond motifs is 2. The highest BCUT2D eigenvalue weighted by Gasteiger charge is 2.21. The minimum atomic E-state index is -0.651. The third kappa shape index (κ3) is 5.77. The normalized spacial score (nSPS) is 11.9. The number of aryl methyl sites for hydroxylation is 1. The summed E-state index contributed by atoms with van der Waals surface area (Å²) in [4.78, 5) is 41.4. The largest absolute Gasteiger partial charge is 0.491 e. The van der Waals surface area contributed by atoms with E-state index in [1.54, 1.807) is 30.3 Å². The van der Waals surface area contributed by atoms with E-state index in [0.717, 1.165) is 33.7 Å². The molecule has 0 aliphatic carbocycles. The molecule has 1 unspecified atom stereocenters. The van der Waals surface area contributed by atoms with Crippen LogP contribution in [0.15, 0.2) is 59.6 Å². The molecule has 5 aromatic rings. The fraction of sp³-hybridized carbons (Fsp3) is 0.179. The Kier molecular flexibility index (Phi) is 7.49. The Morgan fingerprint density at radius 1 is 1.07 bits per heavy atom. The number of aliphatic imine (C=N–C) groups is 1. The maximum absolute atomic E-state index is 12.9. The van der Waals surface area contributed by atoms with Gasteiger partial charge in [0.15, 0.2) is 5.96 Å². The lowest BCUT2D eigenvalue weighted by Gasteiger charge is -2.11. The number of primary amides is 1. The standard InChI is InChI=1S/C28H28ClN9O3/c1-14(25-35-19-7-5-17(34-28(31)32)13-21(19)36-25)26-37-20-6-3-15(11-22(20)38(26)2)27(40)33-9-10-41-23-8-4-16(29)12-18(23)24(30)39/h3-8,11-14H,9-10H2,1-2H3,(H2,30,39)(H,33,40)(H,35,36)(H4,31,32,34). The number of carbonyl (C=O) groups excluding carboxylic acids is 2. The number of rotatable bonds is 9. The molecule has 1 atom stereocenters. The minimum Gasteiger partial charge on any atom is -0.491 e. The van der Waals surface area contributed by atoms with Crippen molar-refractivity contribution in [3.8, 4) is 5.75 Å².